The number of halogens is 1. The molecule has 1 aromatic rings. The minimum absolute atomic E-state index is 0. The van der Waals surface area contributed by atoms with Crippen molar-refractivity contribution in [2.75, 3.05) is 13.1 Å². The van der Waals surface area contributed by atoms with E-state index in [1.165, 1.54) is 0 Å². The fraction of sp³-hybridized carbons (Fsp3) is 0.750. The Morgan fingerprint density at radius 1 is 1.37 bits per heavy atom. The Morgan fingerprint density at radius 2 is 2.05 bits per heavy atom. The van der Waals surface area contributed by atoms with Gasteiger partial charge in [0.05, 0.1) is 0 Å². The molecule has 0 fully saturated rings. The van der Waals surface area contributed by atoms with E-state index in [9.17, 15) is 0 Å². The Balaban J connectivity index is 0.00000324. The van der Waals surface area contributed by atoms with Gasteiger partial charge >= 0.3 is 0 Å². The quantitative estimate of drug-likeness (QED) is 0.447. The zero-order valence-corrected chi connectivity index (χ0v) is 14.3. The lowest BCUT2D eigenvalue weighted by molar-refractivity contribution is 0.371. The summed E-state index contributed by atoms with van der Waals surface area (Å²) in [5.74, 6) is 2.63. The third-order valence-corrected chi connectivity index (χ3v) is 2.27. The molecule has 0 saturated carbocycles. The molecule has 0 atom stereocenters. The van der Waals surface area contributed by atoms with Gasteiger partial charge in [-0.1, -0.05) is 32.9 Å². The summed E-state index contributed by atoms with van der Waals surface area (Å²) in [6, 6.07) is 0. The van der Waals surface area contributed by atoms with E-state index in [0.717, 1.165) is 12.4 Å². The van der Waals surface area contributed by atoms with E-state index in [2.05, 4.69) is 34.3 Å². The van der Waals surface area contributed by atoms with Gasteiger partial charge < -0.3 is 15.6 Å². The van der Waals surface area contributed by atoms with Crippen molar-refractivity contribution in [1.82, 2.24) is 15.5 Å². The van der Waals surface area contributed by atoms with Crippen molar-refractivity contribution in [3.05, 3.63) is 11.7 Å². The molecule has 3 N–H and O–H groups in total. The Hall–Kier alpha value is -0.860. The Morgan fingerprint density at radius 3 is 2.58 bits per heavy atom. The molecule has 110 valence electrons. The molecule has 0 saturated heterocycles. The highest BCUT2D eigenvalue weighted by molar-refractivity contribution is 14.0. The number of guanidine groups is 1. The van der Waals surface area contributed by atoms with Crippen LogP contribution in [0.2, 0.25) is 0 Å². The van der Waals surface area contributed by atoms with Crippen LogP contribution in [-0.2, 0) is 6.42 Å². The average molecular weight is 381 g/mol. The largest absolute Gasteiger partial charge is 0.370 e. The number of nitrogens with one attached hydrogen (secondary N) is 1. The predicted octanol–water partition coefficient (Wildman–Crippen LogP) is 1.91. The molecule has 1 aromatic heterocycles. The third-order valence-electron chi connectivity index (χ3n) is 2.27. The number of rotatable bonds is 6. The number of hydrogen-bond acceptors (Lipinski definition) is 4. The van der Waals surface area contributed by atoms with E-state index >= 15 is 0 Å². The second-order valence-electron chi connectivity index (χ2n) is 5.00. The number of nitrogens with zero attached hydrogens (tertiary/aromatic N) is 3. The second-order valence-corrected chi connectivity index (χ2v) is 5.00. The van der Waals surface area contributed by atoms with Crippen molar-refractivity contribution in [2.45, 2.75) is 40.0 Å². The monoisotopic (exact) mass is 381 g/mol. The zero-order valence-electron chi connectivity index (χ0n) is 12.0. The maximum absolute atomic E-state index is 5.71. The highest BCUT2D eigenvalue weighted by atomic mass is 127. The molecule has 0 aliphatic carbocycles. The predicted molar refractivity (Wildman–Crippen MR) is 86.8 cm³/mol. The number of nitrogens with two attached hydrogens (primary N) is 1. The topological polar surface area (TPSA) is 89.3 Å². The zero-order chi connectivity index (χ0) is 13.5. The van der Waals surface area contributed by atoms with Crippen LogP contribution in [0.3, 0.4) is 0 Å². The van der Waals surface area contributed by atoms with Crippen LogP contribution in [0, 0.1) is 5.92 Å². The summed E-state index contributed by atoms with van der Waals surface area (Å²) in [4.78, 5) is 8.49. The molecular formula is C12H24IN5O. The van der Waals surface area contributed by atoms with Crippen molar-refractivity contribution in [3.63, 3.8) is 0 Å². The standard InChI is InChI=1S/C12H23N5O.HI/c1-8(2)7-15-12(13)14-6-5-10-16-11(9(3)4)17-18-10;/h8-9H,5-7H2,1-4H3,(H3,13,14,15);1H. The first kappa shape index (κ1) is 18.1. The highest BCUT2D eigenvalue weighted by Crippen LogP contribution is 2.09. The molecule has 0 unspecified atom stereocenters. The fourth-order valence-electron chi connectivity index (χ4n) is 1.24. The summed E-state index contributed by atoms with van der Waals surface area (Å²) in [5.41, 5.74) is 5.71. The van der Waals surface area contributed by atoms with Crippen LogP contribution < -0.4 is 11.1 Å². The Bertz CT molecular complexity index is 389. The van der Waals surface area contributed by atoms with E-state index in [1.54, 1.807) is 0 Å². The van der Waals surface area contributed by atoms with Crippen LogP contribution >= 0.6 is 24.0 Å². The van der Waals surface area contributed by atoms with Crippen LogP contribution in [0.1, 0.15) is 45.3 Å². The summed E-state index contributed by atoms with van der Waals surface area (Å²) in [7, 11) is 0. The summed E-state index contributed by atoms with van der Waals surface area (Å²) < 4.78 is 5.12. The first-order valence-electron chi connectivity index (χ1n) is 6.35. The van der Waals surface area contributed by atoms with E-state index in [-0.39, 0.29) is 29.9 Å². The first-order valence-corrected chi connectivity index (χ1v) is 6.35. The Kier molecular flexibility index (Phi) is 8.70. The molecule has 0 aliphatic rings. The molecule has 0 spiro atoms. The van der Waals surface area contributed by atoms with Crippen molar-refractivity contribution < 1.29 is 4.52 Å². The van der Waals surface area contributed by atoms with Crippen molar-refractivity contribution in [1.29, 1.82) is 0 Å². The van der Waals surface area contributed by atoms with Crippen LogP contribution in [0.15, 0.2) is 9.52 Å². The molecule has 0 amide bonds. The minimum Gasteiger partial charge on any atom is -0.370 e. The van der Waals surface area contributed by atoms with Gasteiger partial charge in [0, 0.05) is 25.4 Å². The van der Waals surface area contributed by atoms with Crippen LogP contribution in [0.25, 0.3) is 0 Å². The van der Waals surface area contributed by atoms with E-state index in [4.69, 9.17) is 10.3 Å². The van der Waals surface area contributed by atoms with Gasteiger partial charge in [0.1, 0.15) is 0 Å². The molecule has 0 aromatic carbocycles. The molecule has 1 rings (SSSR count). The van der Waals surface area contributed by atoms with Gasteiger partial charge in [-0.15, -0.1) is 24.0 Å². The highest BCUT2D eigenvalue weighted by Gasteiger charge is 2.08. The van der Waals surface area contributed by atoms with Gasteiger partial charge in [0.15, 0.2) is 11.8 Å². The van der Waals surface area contributed by atoms with Crippen molar-refractivity contribution >= 4 is 29.9 Å². The minimum atomic E-state index is 0. The van der Waals surface area contributed by atoms with E-state index in [0.29, 0.717) is 30.7 Å². The van der Waals surface area contributed by atoms with Gasteiger partial charge in [-0.2, -0.15) is 4.98 Å². The number of aromatic nitrogens is 2. The molecule has 1 heterocycles. The van der Waals surface area contributed by atoms with Gasteiger partial charge in [-0.25, -0.2) is 0 Å². The maximum Gasteiger partial charge on any atom is 0.228 e. The normalized spacial score (nSPS) is 11.8. The number of aliphatic imine (C=N–C) groups is 1. The molecule has 0 radical (unpaired) electrons. The maximum atomic E-state index is 5.71. The van der Waals surface area contributed by atoms with Gasteiger partial charge in [0.2, 0.25) is 5.89 Å². The van der Waals surface area contributed by atoms with Crippen LogP contribution in [-0.4, -0.2) is 29.2 Å². The lowest BCUT2D eigenvalue weighted by Gasteiger charge is -2.04. The average Bonchev–Trinajstić information content (AvgIpc) is 2.75. The second kappa shape index (κ2) is 9.11. The molecular weight excluding hydrogens is 357 g/mol. The fourth-order valence-corrected chi connectivity index (χ4v) is 1.24. The summed E-state index contributed by atoms with van der Waals surface area (Å²) in [6.45, 7) is 9.64. The summed E-state index contributed by atoms with van der Waals surface area (Å²) in [6.07, 6.45) is 0.650. The third kappa shape index (κ3) is 7.34. The SMILES string of the molecule is CC(C)CN=C(N)NCCc1nc(C(C)C)no1.I. The van der Waals surface area contributed by atoms with Crippen molar-refractivity contribution in [3.8, 4) is 0 Å². The first-order chi connectivity index (χ1) is 8.49. The lowest BCUT2D eigenvalue weighted by atomic mass is 10.2. The Labute approximate surface area is 131 Å². The summed E-state index contributed by atoms with van der Waals surface area (Å²) >= 11 is 0. The summed E-state index contributed by atoms with van der Waals surface area (Å²) in [5, 5.41) is 6.92. The van der Waals surface area contributed by atoms with Crippen LogP contribution in [0.4, 0.5) is 0 Å². The number of hydrogen-bond donors (Lipinski definition) is 2. The molecule has 0 bridgehead atoms. The molecule has 19 heavy (non-hydrogen) atoms. The molecule has 0 aliphatic heterocycles. The van der Waals surface area contributed by atoms with Gasteiger partial charge in [-0.05, 0) is 5.92 Å². The smallest absolute Gasteiger partial charge is 0.228 e. The van der Waals surface area contributed by atoms with Crippen LogP contribution in [0.5, 0.6) is 0 Å². The van der Waals surface area contributed by atoms with Crippen molar-refractivity contribution in [2.24, 2.45) is 16.6 Å². The van der Waals surface area contributed by atoms with Gasteiger partial charge in [0.25, 0.3) is 0 Å². The molecule has 7 heteroatoms. The molecule has 6 nitrogen and oxygen atoms in total. The van der Waals surface area contributed by atoms with Gasteiger partial charge in [-0.3, -0.25) is 4.99 Å². The van der Waals surface area contributed by atoms with E-state index in [1.807, 2.05) is 13.8 Å². The van der Waals surface area contributed by atoms with E-state index < -0.39 is 0 Å². The lowest BCUT2D eigenvalue weighted by Crippen LogP contribution is -2.33.